The summed E-state index contributed by atoms with van der Waals surface area (Å²) in [6, 6.07) is 0.265. The summed E-state index contributed by atoms with van der Waals surface area (Å²) in [6.45, 7) is 7.24. The number of ether oxygens (including phenoxy) is 1. The van der Waals surface area contributed by atoms with Gasteiger partial charge in [0.05, 0.1) is 6.04 Å². The van der Waals surface area contributed by atoms with Crippen LogP contribution in [0.3, 0.4) is 0 Å². The Balaban J connectivity index is 0.000000491. The van der Waals surface area contributed by atoms with Crippen LogP contribution in [0.25, 0.3) is 0 Å². The predicted octanol–water partition coefficient (Wildman–Crippen LogP) is 0.135. The van der Waals surface area contributed by atoms with Gasteiger partial charge in [-0.15, -0.1) is 5.92 Å². The van der Waals surface area contributed by atoms with E-state index in [1.54, 1.807) is 0 Å². The molecule has 0 bridgehead atoms. The van der Waals surface area contributed by atoms with Crippen molar-refractivity contribution in [3.63, 3.8) is 0 Å². The van der Waals surface area contributed by atoms with Crippen LogP contribution in [0.5, 0.6) is 0 Å². The van der Waals surface area contributed by atoms with Gasteiger partial charge in [-0.25, -0.2) is 6.42 Å². The van der Waals surface area contributed by atoms with Crippen LogP contribution in [0, 0.1) is 69.1 Å². The molecule has 10 radical (unpaired) electrons. The zero-order chi connectivity index (χ0) is 13.7. The maximum Gasteiger partial charge on any atom is 2.00 e. The summed E-state index contributed by atoms with van der Waals surface area (Å²) in [5.41, 5.74) is 0.175. The van der Waals surface area contributed by atoms with Crippen LogP contribution >= 0.6 is 0 Å². The smallest absolute Gasteiger partial charge is 0.481 e. The summed E-state index contributed by atoms with van der Waals surface area (Å²) in [6.07, 6.45) is 18.9. The minimum atomic E-state index is 0. The molecule has 0 N–H and O–H groups in total. The van der Waals surface area contributed by atoms with E-state index < -0.39 is 0 Å². The fourth-order valence-electron chi connectivity index (χ4n) is 1.75. The van der Waals surface area contributed by atoms with E-state index in [9.17, 15) is 0 Å². The molecular weight excluding hydrogens is 297 g/mol. The number of nitrogens with zero attached hydrogens (tertiary/aromatic N) is 1. The number of rotatable bonds is 1. The molecule has 0 aromatic heterocycles. The normalized spacial score (nSPS) is 25.1. The third-order valence-corrected chi connectivity index (χ3v) is 3.03. The molecule has 2 aliphatic carbocycles. The molecule has 2 saturated carbocycles. The fraction of sp³-hybridized carbons (Fsp3) is 0.353. The quantitative estimate of drug-likeness (QED) is 0.498. The first kappa shape index (κ1) is 21.6. The molecule has 2 fully saturated rings. The molecule has 3 aliphatic rings. The Bertz CT molecular complexity index is 297. The molecule has 0 aromatic rings. The van der Waals surface area contributed by atoms with Gasteiger partial charge in [-0.2, -0.15) is 0 Å². The van der Waals surface area contributed by atoms with Gasteiger partial charge in [0, 0.05) is 0 Å². The van der Waals surface area contributed by atoms with Crippen molar-refractivity contribution in [1.29, 1.82) is 0 Å². The molecule has 4 heteroatoms. The van der Waals surface area contributed by atoms with Crippen molar-refractivity contribution in [2.45, 2.75) is 26.8 Å². The van der Waals surface area contributed by atoms with Crippen molar-refractivity contribution in [3.05, 3.63) is 63.7 Å². The molecule has 1 heterocycles. The van der Waals surface area contributed by atoms with Crippen molar-refractivity contribution in [2.75, 3.05) is 6.61 Å². The Morgan fingerprint density at radius 2 is 1.67 bits per heavy atom. The summed E-state index contributed by atoms with van der Waals surface area (Å²) in [5.74, 6) is 1.71. The maximum atomic E-state index is 5.56. The molecule has 0 spiro atoms. The Kier molecular flexibility index (Phi) is 10.7. The van der Waals surface area contributed by atoms with Gasteiger partial charge in [-0.1, -0.05) is 33.6 Å². The van der Waals surface area contributed by atoms with E-state index in [4.69, 9.17) is 4.74 Å². The fourth-order valence-corrected chi connectivity index (χ4v) is 1.75. The van der Waals surface area contributed by atoms with Crippen LogP contribution in [0.15, 0.2) is 4.99 Å². The molecule has 0 amide bonds. The minimum Gasteiger partial charge on any atom is -0.481 e. The first-order chi connectivity index (χ1) is 9.07. The van der Waals surface area contributed by atoms with Crippen molar-refractivity contribution in [2.24, 2.45) is 10.4 Å². The zero-order valence-corrected chi connectivity index (χ0v) is 14.2. The van der Waals surface area contributed by atoms with Gasteiger partial charge in [0.25, 0.3) is 0 Å². The molecule has 3 rings (SSSR count). The van der Waals surface area contributed by atoms with Gasteiger partial charge in [0.15, 0.2) is 5.90 Å². The second kappa shape index (κ2) is 10.4. The average Bonchev–Trinajstić information content (AvgIpc) is 3.13. The SMILES string of the molecule is CC(C)(C)[C@H]1COC([C]2[C-][CH][CH][CH]2)=N1.[CH]1[CH][CH][CH][CH]1.[Fe+2].[Li+]. The molecule has 21 heavy (non-hydrogen) atoms. The first-order valence-corrected chi connectivity index (χ1v) is 6.58. The van der Waals surface area contributed by atoms with E-state index >= 15 is 0 Å². The minimum absolute atomic E-state index is 0. The van der Waals surface area contributed by atoms with Crippen LogP contribution in [-0.4, -0.2) is 18.5 Å². The van der Waals surface area contributed by atoms with Crippen LogP contribution in [0.4, 0.5) is 0 Å². The van der Waals surface area contributed by atoms with E-state index in [-0.39, 0.29) is 47.4 Å². The Labute approximate surface area is 153 Å². The van der Waals surface area contributed by atoms with Crippen molar-refractivity contribution >= 4 is 5.90 Å². The summed E-state index contributed by atoms with van der Waals surface area (Å²) < 4.78 is 5.56. The van der Waals surface area contributed by atoms with E-state index in [0.29, 0.717) is 6.61 Å². The maximum absolute atomic E-state index is 5.56. The second-order valence-electron chi connectivity index (χ2n) is 5.67. The standard InChI is InChI=1S/C12H15NO.C5H5.Fe.Li/c1-12(2,3)10-8-14-11(13-10)9-6-4-5-7-9;1-2-4-5-3-1;;/h4-6,10H,8H2,1-3H3;1-5H;;/q-1;;+2;+1/t10-;;;/m1.../s1. The summed E-state index contributed by atoms with van der Waals surface area (Å²) >= 11 is 0. The van der Waals surface area contributed by atoms with E-state index in [1.807, 2.05) is 51.4 Å². The van der Waals surface area contributed by atoms with E-state index in [1.165, 1.54) is 0 Å². The summed E-state index contributed by atoms with van der Waals surface area (Å²) in [7, 11) is 0. The van der Waals surface area contributed by atoms with Gasteiger partial charge in [0.2, 0.25) is 0 Å². The Morgan fingerprint density at radius 3 is 2.05 bits per heavy atom. The van der Waals surface area contributed by atoms with E-state index in [2.05, 4.69) is 32.2 Å². The molecular formula is C17H20FeLiNO+2. The summed E-state index contributed by atoms with van der Waals surface area (Å²) in [5, 5.41) is 0. The predicted molar refractivity (Wildman–Crippen MR) is 77.5 cm³/mol. The van der Waals surface area contributed by atoms with Gasteiger partial charge in [0.1, 0.15) is 6.61 Å². The largest absolute Gasteiger partial charge is 2.00 e. The molecule has 0 aromatic carbocycles. The average molecular weight is 317 g/mol. The van der Waals surface area contributed by atoms with Crippen molar-refractivity contribution in [3.8, 4) is 0 Å². The van der Waals surface area contributed by atoms with Gasteiger partial charge in [-0.3, -0.25) is 4.99 Å². The van der Waals surface area contributed by atoms with Gasteiger partial charge >= 0.3 is 35.9 Å². The molecule has 106 valence electrons. The van der Waals surface area contributed by atoms with Crippen LogP contribution in [0.1, 0.15) is 20.8 Å². The number of hydrogen-bond donors (Lipinski definition) is 0. The van der Waals surface area contributed by atoms with Gasteiger partial charge < -0.3 is 11.2 Å². The molecule has 1 aliphatic heterocycles. The van der Waals surface area contributed by atoms with Crippen molar-refractivity contribution in [1.82, 2.24) is 0 Å². The van der Waals surface area contributed by atoms with Crippen LogP contribution in [0.2, 0.25) is 0 Å². The number of hydrogen-bond acceptors (Lipinski definition) is 2. The van der Waals surface area contributed by atoms with E-state index in [0.717, 1.165) is 11.8 Å². The van der Waals surface area contributed by atoms with Gasteiger partial charge in [-0.05, 0) is 37.5 Å². The molecule has 2 nitrogen and oxygen atoms in total. The molecule has 0 saturated heterocycles. The summed E-state index contributed by atoms with van der Waals surface area (Å²) in [4.78, 5) is 4.56. The first-order valence-electron chi connectivity index (χ1n) is 6.58. The van der Waals surface area contributed by atoms with Crippen LogP contribution < -0.4 is 18.9 Å². The molecule has 0 unspecified atom stereocenters. The monoisotopic (exact) mass is 317 g/mol. The topological polar surface area (TPSA) is 21.6 Å². The number of aliphatic imine (C=N–C) groups is 1. The third kappa shape index (κ3) is 7.13. The molecule has 1 atom stereocenters. The Morgan fingerprint density at radius 1 is 1.10 bits per heavy atom. The third-order valence-electron chi connectivity index (χ3n) is 3.03. The second-order valence-corrected chi connectivity index (χ2v) is 5.67. The Hall–Kier alpha value is 0.587. The zero-order valence-electron chi connectivity index (χ0n) is 13.1. The van der Waals surface area contributed by atoms with Crippen LogP contribution in [-0.2, 0) is 21.8 Å². The van der Waals surface area contributed by atoms with Crippen molar-refractivity contribution < 1.29 is 40.7 Å².